The molecule has 4 N–H and O–H groups in total. The number of hydrogen-bond donors (Lipinski definition) is 4. The summed E-state index contributed by atoms with van der Waals surface area (Å²) in [6, 6.07) is 0. The van der Waals surface area contributed by atoms with E-state index in [1.807, 2.05) is 0 Å². The quantitative estimate of drug-likeness (QED) is 0.116. The molecule has 1 unspecified atom stereocenters. The molecule has 0 spiro atoms. The van der Waals surface area contributed by atoms with Crippen molar-refractivity contribution in [2.75, 3.05) is 33.0 Å². The van der Waals surface area contributed by atoms with Crippen molar-refractivity contribution < 1.29 is 39.5 Å². The molecule has 0 aliphatic heterocycles. The van der Waals surface area contributed by atoms with Gasteiger partial charge in [0.2, 0.25) is 0 Å². The van der Waals surface area contributed by atoms with Crippen LogP contribution in [-0.4, -0.2) is 71.5 Å². The molecule has 0 amide bonds. The van der Waals surface area contributed by atoms with Crippen molar-refractivity contribution in [3.63, 3.8) is 0 Å². The van der Waals surface area contributed by atoms with Gasteiger partial charge in [-0.25, -0.2) is 9.59 Å². The van der Waals surface area contributed by atoms with Gasteiger partial charge in [0.05, 0.1) is 26.4 Å². The standard InChI is InChI=1S/C11H16O4.2C2H6O2.14C2H4/c1-7(2)10(12)14-6-9(5)15-11(13)8(3)4;2*3-1-2-4;14*1-2/h9H,1,3,6H2,2,4-5H3;2*3-4H,1-2H2;14*1-2H2. The van der Waals surface area contributed by atoms with Crippen LogP contribution in [0.15, 0.2) is 209 Å². The fourth-order valence-electron chi connectivity index (χ4n) is 0.634. The minimum Gasteiger partial charge on any atom is -0.458 e. The highest BCUT2D eigenvalue weighted by Gasteiger charge is 2.12. The lowest BCUT2D eigenvalue weighted by Crippen LogP contribution is -2.22. The van der Waals surface area contributed by atoms with Gasteiger partial charge in [0.15, 0.2) is 0 Å². The third kappa shape index (κ3) is 437. The van der Waals surface area contributed by atoms with Crippen LogP contribution in [0.4, 0.5) is 0 Å². The lowest BCUT2D eigenvalue weighted by Gasteiger charge is -2.13. The van der Waals surface area contributed by atoms with Gasteiger partial charge in [-0.1, -0.05) is 13.2 Å². The number of carbonyl (C=O) groups excluding carboxylic acids is 2. The van der Waals surface area contributed by atoms with Crippen LogP contribution in [-0.2, 0) is 19.1 Å². The monoisotopic (exact) mass is 729 g/mol. The van der Waals surface area contributed by atoms with Crippen molar-refractivity contribution in [3.05, 3.63) is 209 Å². The van der Waals surface area contributed by atoms with Gasteiger partial charge in [0, 0.05) is 11.1 Å². The number of aliphatic hydroxyl groups is 4. The van der Waals surface area contributed by atoms with Gasteiger partial charge in [0.1, 0.15) is 12.7 Å². The predicted octanol–water partition coefficient (Wildman–Crippen LogP) is 10.8. The van der Waals surface area contributed by atoms with Crippen molar-refractivity contribution in [1.82, 2.24) is 0 Å². The second-order valence-electron chi connectivity index (χ2n) is 4.27. The highest BCUT2D eigenvalue weighted by molar-refractivity contribution is 5.87. The van der Waals surface area contributed by atoms with Crippen molar-refractivity contribution >= 4 is 11.9 Å². The average molecular weight is 729 g/mol. The molecule has 0 fully saturated rings. The largest absolute Gasteiger partial charge is 0.458 e. The molecule has 0 aromatic heterocycles. The summed E-state index contributed by atoms with van der Waals surface area (Å²) in [4.78, 5) is 22.0. The van der Waals surface area contributed by atoms with E-state index in [1.54, 1.807) is 20.8 Å². The Labute approximate surface area is 319 Å². The van der Waals surface area contributed by atoms with E-state index in [1.165, 1.54) is 0 Å². The normalized spacial score (nSPS) is 5.63. The zero-order valence-corrected chi connectivity index (χ0v) is 33.7. The molecular formula is C43H84O8. The molecule has 0 aliphatic rings. The molecule has 0 aromatic rings. The first-order valence-corrected chi connectivity index (χ1v) is 13.8. The van der Waals surface area contributed by atoms with Crippen LogP contribution in [0.3, 0.4) is 0 Å². The van der Waals surface area contributed by atoms with Crippen LogP contribution >= 0.6 is 0 Å². The number of rotatable bonds is 7. The van der Waals surface area contributed by atoms with E-state index < -0.39 is 18.0 Å². The Bertz CT molecular complexity index is 491. The molecule has 0 bridgehead atoms. The SMILES string of the molecule is C=C.C=C.C=C.C=C.C=C.C=C.C=C.C=C.C=C.C=C.C=C.C=C.C=C.C=C.C=C(C)C(=O)OCC(C)OC(=O)C(=C)C.OCCO.OCCO. The summed E-state index contributed by atoms with van der Waals surface area (Å²) in [6.07, 6.45) is -0.488. The van der Waals surface area contributed by atoms with Crippen LogP contribution in [0.2, 0.25) is 0 Å². The maximum absolute atomic E-state index is 11.1. The fourth-order valence-corrected chi connectivity index (χ4v) is 0.634. The van der Waals surface area contributed by atoms with Crippen LogP contribution in [0, 0.1) is 0 Å². The van der Waals surface area contributed by atoms with Gasteiger partial charge in [-0.3, -0.25) is 0 Å². The third-order valence-corrected chi connectivity index (χ3v) is 1.65. The minimum atomic E-state index is -0.492. The smallest absolute Gasteiger partial charge is 0.333 e. The molecular weight excluding hydrogens is 644 g/mol. The summed E-state index contributed by atoms with van der Waals surface area (Å²) in [5.74, 6) is -0.984. The van der Waals surface area contributed by atoms with Gasteiger partial charge in [-0.15, -0.1) is 184 Å². The van der Waals surface area contributed by atoms with E-state index in [9.17, 15) is 9.59 Å². The highest BCUT2D eigenvalue weighted by atomic mass is 16.6. The van der Waals surface area contributed by atoms with Crippen molar-refractivity contribution in [3.8, 4) is 0 Å². The Morgan fingerprint density at radius 1 is 0.412 bits per heavy atom. The fraction of sp³-hybridized carbons (Fsp3) is 0.209. The van der Waals surface area contributed by atoms with E-state index in [2.05, 4.69) is 197 Å². The Hall–Kier alpha value is -5.38. The van der Waals surface area contributed by atoms with Crippen LogP contribution < -0.4 is 0 Å². The summed E-state index contributed by atoms with van der Waals surface area (Å²) in [5, 5.41) is 30.5. The zero-order chi connectivity index (χ0) is 46.8. The van der Waals surface area contributed by atoms with E-state index in [-0.39, 0.29) is 33.0 Å². The topological polar surface area (TPSA) is 134 Å². The first kappa shape index (κ1) is 111. The molecule has 1 atom stereocenters. The number of hydrogen-bond acceptors (Lipinski definition) is 8. The first-order valence-electron chi connectivity index (χ1n) is 13.8. The average Bonchev–Trinajstić information content (AvgIpc) is 3.27. The lowest BCUT2D eigenvalue weighted by atomic mass is 10.3. The first-order chi connectivity index (χ1) is 24.7. The summed E-state index contributed by atoms with van der Waals surface area (Å²) >= 11 is 0. The van der Waals surface area contributed by atoms with Crippen molar-refractivity contribution in [2.24, 2.45) is 0 Å². The molecule has 8 nitrogen and oxygen atoms in total. The summed E-state index contributed by atoms with van der Waals surface area (Å²) < 4.78 is 9.70. The van der Waals surface area contributed by atoms with Gasteiger partial charge in [0.25, 0.3) is 0 Å². The second-order valence-corrected chi connectivity index (χ2v) is 4.27. The molecule has 0 rings (SSSR count). The molecule has 0 saturated heterocycles. The molecule has 304 valence electrons. The molecule has 0 heterocycles. The number of carbonyl (C=O) groups is 2. The van der Waals surface area contributed by atoms with E-state index >= 15 is 0 Å². The molecule has 8 heteroatoms. The van der Waals surface area contributed by atoms with E-state index in [0.29, 0.717) is 11.1 Å². The maximum Gasteiger partial charge on any atom is 0.333 e. The summed E-state index contributed by atoms with van der Waals surface area (Å²) in [5.41, 5.74) is 0.626. The third-order valence-electron chi connectivity index (χ3n) is 1.65. The van der Waals surface area contributed by atoms with Gasteiger partial charge in [-0.05, 0) is 20.8 Å². The maximum atomic E-state index is 11.1. The van der Waals surface area contributed by atoms with Crippen LogP contribution in [0.5, 0.6) is 0 Å². The molecule has 51 heavy (non-hydrogen) atoms. The Kier molecular flexibility index (Phi) is 668. The number of esters is 2. The van der Waals surface area contributed by atoms with Crippen LogP contribution in [0.1, 0.15) is 20.8 Å². The Morgan fingerprint density at radius 3 is 0.686 bits per heavy atom. The van der Waals surface area contributed by atoms with Gasteiger partial charge in [-0.2, -0.15) is 0 Å². The summed E-state index contributed by atoms with van der Waals surface area (Å²) in [6.45, 7) is 95.1. The minimum absolute atomic E-state index is 0.0186. The predicted molar refractivity (Wildman–Crippen MR) is 242 cm³/mol. The van der Waals surface area contributed by atoms with E-state index in [4.69, 9.17) is 29.9 Å². The molecule has 0 radical (unpaired) electrons. The Morgan fingerprint density at radius 2 is 0.569 bits per heavy atom. The van der Waals surface area contributed by atoms with E-state index in [0.717, 1.165) is 0 Å². The highest BCUT2D eigenvalue weighted by Crippen LogP contribution is 2.00. The zero-order valence-electron chi connectivity index (χ0n) is 33.7. The van der Waals surface area contributed by atoms with Gasteiger partial charge >= 0.3 is 11.9 Å². The molecule has 0 aromatic carbocycles. The molecule has 0 saturated carbocycles. The molecule has 0 aliphatic carbocycles. The second kappa shape index (κ2) is 307. The Balaban J connectivity index is -0.0000000182. The number of ether oxygens (including phenoxy) is 2. The van der Waals surface area contributed by atoms with Crippen molar-refractivity contribution in [1.29, 1.82) is 0 Å². The summed E-state index contributed by atoms with van der Waals surface area (Å²) in [7, 11) is 0. The number of aliphatic hydroxyl groups excluding tert-OH is 4. The van der Waals surface area contributed by atoms with Crippen LogP contribution in [0.25, 0.3) is 0 Å². The van der Waals surface area contributed by atoms with Gasteiger partial charge < -0.3 is 29.9 Å². The lowest BCUT2D eigenvalue weighted by molar-refractivity contribution is -0.152. The van der Waals surface area contributed by atoms with Crippen molar-refractivity contribution in [2.45, 2.75) is 26.9 Å².